The van der Waals surface area contributed by atoms with Gasteiger partial charge in [-0.2, -0.15) is 0 Å². The second-order valence-electron chi connectivity index (χ2n) is 6.26. The molecule has 136 valence electrons. The molecular weight excluding hydrogens is 324 g/mol. The minimum Gasteiger partial charge on any atom is -0.497 e. The summed E-state index contributed by atoms with van der Waals surface area (Å²) in [6, 6.07) is 6.47. The Labute approximate surface area is 146 Å². The largest absolute Gasteiger partial charge is 0.497 e. The Hall–Kier alpha value is -2.34. The van der Waals surface area contributed by atoms with Gasteiger partial charge in [-0.05, 0) is 31.4 Å². The summed E-state index contributed by atoms with van der Waals surface area (Å²) in [5.74, 6) is 0.630. The summed E-state index contributed by atoms with van der Waals surface area (Å²) in [5, 5.41) is 0.696. The van der Waals surface area contributed by atoms with E-state index >= 15 is 0 Å². The zero-order valence-electron chi connectivity index (χ0n) is 15.0. The first-order chi connectivity index (χ1) is 11.9. The van der Waals surface area contributed by atoms with Gasteiger partial charge in [0.25, 0.3) is 0 Å². The second-order valence-corrected chi connectivity index (χ2v) is 6.26. The lowest BCUT2D eigenvalue weighted by Gasteiger charge is -2.14. The third-order valence-electron chi connectivity index (χ3n) is 3.80. The molecule has 0 aliphatic rings. The van der Waals surface area contributed by atoms with Gasteiger partial charge in [-0.15, -0.1) is 0 Å². The molecule has 2 aromatic rings. The molecule has 1 aromatic heterocycles. The fourth-order valence-electron chi connectivity index (χ4n) is 2.27. The van der Waals surface area contributed by atoms with Crippen molar-refractivity contribution in [1.82, 2.24) is 0 Å². The van der Waals surface area contributed by atoms with E-state index in [-0.39, 0.29) is 6.61 Å². The molecule has 0 saturated carbocycles. The molecule has 25 heavy (non-hydrogen) atoms. The van der Waals surface area contributed by atoms with E-state index in [0.717, 1.165) is 6.42 Å². The van der Waals surface area contributed by atoms with Crippen LogP contribution in [0.1, 0.15) is 32.8 Å². The first-order valence-electron chi connectivity index (χ1n) is 8.29. The molecule has 6 nitrogen and oxygen atoms in total. The Morgan fingerprint density at radius 1 is 1.20 bits per heavy atom. The number of methoxy groups -OCH3 is 1. The lowest BCUT2D eigenvalue weighted by atomic mass is 10.1. The molecule has 0 bridgehead atoms. The molecule has 0 fully saturated rings. The van der Waals surface area contributed by atoms with Gasteiger partial charge in [0.1, 0.15) is 17.9 Å². The molecule has 1 aromatic carbocycles. The van der Waals surface area contributed by atoms with Crippen molar-refractivity contribution in [3.8, 4) is 5.75 Å². The van der Waals surface area contributed by atoms with Crippen LogP contribution in [0, 0.1) is 5.92 Å². The third kappa shape index (κ3) is 5.32. The molecule has 0 N–H and O–H groups in total. The maximum Gasteiger partial charge on any atom is 0.336 e. The summed E-state index contributed by atoms with van der Waals surface area (Å²) in [7, 11) is 1.53. The maximum absolute atomic E-state index is 12.0. The van der Waals surface area contributed by atoms with E-state index in [9.17, 15) is 9.59 Å². The molecule has 0 saturated heterocycles. The predicted octanol–water partition coefficient (Wildman–Crippen LogP) is 3.30. The van der Waals surface area contributed by atoms with Crippen LogP contribution in [0.5, 0.6) is 5.75 Å². The number of ether oxygens (including phenoxy) is 3. The van der Waals surface area contributed by atoms with Crippen LogP contribution in [-0.4, -0.2) is 25.8 Å². The standard InChI is InChI=1S/C19H24O6/c1-12(2)7-8-23-13(3)19(21)24-11-14-9-18(20)25-17-10-15(22-4)5-6-16(14)17/h5-6,9-10,12-13H,7-8,11H2,1-4H3. The van der Waals surface area contributed by atoms with Gasteiger partial charge >= 0.3 is 11.6 Å². The van der Waals surface area contributed by atoms with E-state index in [1.54, 1.807) is 25.1 Å². The Kier molecular flexibility index (Phi) is 6.58. The number of esters is 1. The number of hydrogen-bond acceptors (Lipinski definition) is 6. The van der Waals surface area contributed by atoms with Crippen molar-refractivity contribution in [1.29, 1.82) is 0 Å². The smallest absolute Gasteiger partial charge is 0.336 e. The van der Waals surface area contributed by atoms with Crippen molar-refractivity contribution in [2.24, 2.45) is 5.92 Å². The highest BCUT2D eigenvalue weighted by molar-refractivity contribution is 5.82. The van der Waals surface area contributed by atoms with E-state index in [1.807, 2.05) is 0 Å². The summed E-state index contributed by atoms with van der Waals surface area (Å²) in [4.78, 5) is 23.8. The lowest BCUT2D eigenvalue weighted by molar-refractivity contribution is -0.157. The van der Waals surface area contributed by atoms with Gasteiger partial charge in [0, 0.05) is 29.7 Å². The topological polar surface area (TPSA) is 75.0 Å². The van der Waals surface area contributed by atoms with E-state index in [2.05, 4.69) is 13.8 Å². The second kappa shape index (κ2) is 8.67. The van der Waals surface area contributed by atoms with Crippen molar-refractivity contribution in [2.75, 3.05) is 13.7 Å². The monoisotopic (exact) mass is 348 g/mol. The van der Waals surface area contributed by atoms with Gasteiger partial charge in [0.05, 0.1) is 7.11 Å². The Morgan fingerprint density at radius 3 is 2.64 bits per heavy atom. The van der Waals surface area contributed by atoms with Gasteiger partial charge in [0.2, 0.25) is 0 Å². The first kappa shape index (κ1) is 19.0. The van der Waals surface area contributed by atoms with E-state index in [0.29, 0.717) is 34.8 Å². The highest BCUT2D eigenvalue weighted by Gasteiger charge is 2.16. The van der Waals surface area contributed by atoms with Gasteiger partial charge < -0.3 is 18.6 Å². The van der Waals surface area contributed by atoms with Gasteiger partial charge in [-0.1, -0.05) is 13.8 Å². The van der Waals surface area contributed by atoms with Crippen LogP contribution >= 0.6 is 0 Å². The molecule has 2 rings (SSSR count). The summed E-state index contributed by atoms with van der Waals surface area (Å²) in [6.07, 6.45) is 0.231. The Balaban J connectivity index is 2.05. The lowest BCUT2D eigenvalue weighted by Crippen LogP contribution is -2.24. The summed E-state index contributed by atoms with van der Waals surface area (Å²) < 4.78 is 21.1. The molecule has 0 aliphatic carbocycles. The number of rotatable bonds is 8. The fraction of sp³-hybridized carbons (Fsp3) is 0.474. The van der Waals surface area contributed by atoms with Crippen LogP contribution in [0.2, 0.25) is 0 Å². The Morgan fingerprint density at radius 2 is 1.96 bits per heavy atom. The molecule has 0 spiro atoms. The summed E-state index contributed by atoms with van der Waals surface area (Å²) in [5.41, 5.74) is 0.462. The highest BCUT2D eigenvalue weighted by Crippen LogP contribution is 2.23. The molecular formula is C19H24O6. The van der Waals surface area contributed by atoms with Crippen molar-refractivity contribution < 1.29 is 23.4 Å². The summed E-state index contributed by atoms with van der Waals surface area (Å²) in [6.45, 7) is 6.32. The fourth-order valence-corrected chi connectivity index (χ4v) is 2.27. The number of benzene rings is 1. The van der Waals surface area contributed by atoms with Crippen LogP contribution < -0.4 is 10.4 Å². The SMILES string of the molecule is COc1ccc2c(COC(=O)C(C)OCCC(C)C)cc(=O)oc2c1. The number of carbonyl (C=O) groups excluding carboxylic acids is 1. The van der Waals surface area contributed by atoms with Gasteiger partial charge in [0.15, 0.2) is 6.10 Å². The molecule has 0 radical (unpaired) electrons. The van der Waals surface area contributed by atoms with Gasteiger partial charge in [-0.25, -0.2) is 9.59 Å². The third-order valence-corrected chi connectivity index (χ3v) is 3.80. The van der Waals surface area contributed by atoms with Crippen LogP contribution in [0.3, 0.4) is 0 Å². The predicted molar refractivity (Wildman–Crippen MR) is 93.7 cm³/mol. The normalized spacial score (nSPS) is 12.4. The zero-order valence-corrected chi connectivity index (χ0v) is 15.0. The quantitative estimate of drug-likeness (QED) is 0.538. The van der Waals surface area contributed by atoms with Gasteiger partial charge in [-0.3, -0.25) is 0 Å². The van der Waals surface area contributed by atoms with Crippen molar-refractivity contribution in [3.63, 3.8) is 0 Å². The molecule has 1 heterocycles. The summed E-state index contributed by atoms with van der Waals surface area (Å²) >= 11 is 0. The van der Waals surface area contributed by atoms with Crippen LogP contribution in [0.4, 0.5) is 0 Å². The van der Waals surface area contributed by atoms with Crippen molar-refractivity contribution >= 4 is 16.9 Å². The Bertz CT molecular complexity index is 777. The van der Waals surface area contributed by atoms with Crippen LogP contribution in [0.25, 0.3) is 11.0 Å². The number of hydrogen-bond donors (Lipinski definition) is 0. The number of carbonyl (C=O) groups is 1. The van der Waals surface area contributed by atoms with Crippen LogP contribution in [0.15, 0.2) is 33.5 Å². The maximum atomic E-state index is 12.0. The molecule has 6 heteroatoms. The zero-order chi connectivity index (χ0) is 18.4. The molecule has 1 unspecified atom stereocenters. The molecule has 1 atom stereocenters. The minimum absolute atomic E-state index is 0.0227. The molecule has 0 amide bonds. The van der Waals surface area contributed by atoms with Crippen LogP contribution in [-0.2, 0) is 20.9 Å². The van der Waals surface area contributed by atoms with E-state index in [1.165, 1.54) is 13.2 Å². The number of fused-ring (bicyclic) bond motifs is 1. The first-order valence-corrected chi connectivity index (χ1v) is 8.29. The van der Waals surface area contributed by atoms with E-state index < -0.39 is 17.7 Å². The molecule has 0 aliphatic heterocycles. The average Bonchev–Trinajstić information content (AvgIpc) is 2.58. The van der Waals surface area contributed by atoms with E-state index in [4.69, 9.17) is 18.6 Å². The van der Waals surface area contributed by atoms with Crippen molar-refractivity contribution in [2.45, 2.75) is 39.9 Å². The minimum atomic E-state index is -0.648. The van der Waals surface area contributed by atoms with Crippen molar-refractivity contribution in [3.05, 3.63) is 40.2 Å². The highest BCUT2D eigenvalue weighted by atomic mass is 16.6. The average molecular weight is 348 g/mol.